The van der Waals surface area contributed by atoms with E-state index in [0.29, 0.717) is 24.3 Å². The lowest BCUT2D eigenvalue weighted by molar-refractivity contribution is -0.128. The van der Waals surface area contributed by atoms with Gasteiger partial charge in [0, 0.05) is 43.9 Å². The molecule has 6 nitrogen and oxygen atoms in total. The third kappa shape index (κ3) is 2.21. The lowest BCUT2D eigenvalue weighted by atomic mass is 10.1. The van der Waals surface area contributed by atoms with Crippen LogP contribution in [0.2, 0.25) is 0 Å². The van der Waals surface area contributed by atoms with Crippen LogP contribution in [0.3, 0.4) is 0 Å². The van der Waals surface area contributed by atoms with Crippen molar-refractivity contribution in [2.75, 3.05) is 6.54 Å². The summed E-state index contributed by atoms with van der Waals surface area (Å²) in [5.41, 5.74) is 2.03. The molecule has 24 heavy (non-hydrogen) atoms. The van der Waals surface area contributed by atoms with Gasteiger partial charge in [0.05, 0.1) is 11.7 Å². The summed E-state index contributed by atoms with van der Waals surface area (Å²) in [5.74, 6) is 1.59. The van der Waals surface area contributed by atoms with Gasteiger partial charge in [-0.1, -0.05) is 6.07 Å². The number of imidazole rings is 1. The van der Waals surface area contributed by atoms with Crippen LogP contribution in [0.4, 0.5) is 0 Å². The molecule has 1 aliphatic heterocycles. The number of aromatic nitrogens is 4. The van der Waals surface area contributed by atoms with Crippen molar-refractivity contribution >= 4 is 11.4 Å². The molecule has 3 aromatic heterocycles. The molecule has 4 heterocycles. The minimum Gasteiger partial charge on any atom is -0.339 e. The number of carbonyl (C=O) groups excluding carboxylic acids is 1. The predicted octanol–water partition coefficient (Wildman–Crippen LogP) is 2.21. The van der Waals surface area contributed by atoms with Gasteiger partial charge in [-0.05, 0) is 31.0 Å². The highest BCUT2D eigenvalue weighted by Crippen LogP contribution is 2.33. The minimum absolute atomic E-state index is 0.318. The number of hydrogen-bond acceptors (Lipinski definition) is 3. The van der Waals surface area contributed by atoms with Gasteiger partial charge in [0.1, 0.15) is 5.69 Å². The largest absolute Gasteiger partial charge is 0.339 e. The molecular weight excluding hydrogens is 302 g/mol. The molecule has 1 aliphatic carbocycles. The average molecular weight is 321 g/mol. The summed E-state index contributed by atoms with van der Waals surface area (Å²) in [6, 6.07) is 8.60. The Balaban J connectivity index is 1.44. The van der Waals surface area contributed by atoms with Crippen LogP contribution in [0.25, 0.3) is 17.0 Å². The molecule has 1 unspecified atom stereocenters. The molecule has 2 fully saturated rings. The van der Waals surface area contributed by atoms with E-state index in [4.69, 9.17) is 0 Å². The summed E-state index contributed by atoms with van der Waals surface area (Å²) in [6.45, 7) is 1.70. The third-order valence-electron chi connectivity index (χ3n) is 5.05. The van der Waals surface area contributed by atoms with E-state index in [-0.39, 0.29) is 0 Å². The molecule has 0 spiro atoms. The van der Waals surface area contributed by atoms with Crippen molar-refractivity contribution in [3.05, 3.63) is 42.9 Å². The smallest absolute Gasteiger partial charge is 0.223 e. The second-order valence-electron chi connectivity index (χ2n) is 6.83. The summed E-state index contributed by atoms with van der Waals surface area (Å²) >= 11 is 0. The third-order valence-corrected chi connectivity index (χ3v) is 5.05. The van der Waals surface area contributed by atoms with Gasteiger partial charge < -0.3 is 9.47 Å². The SMILES string of the molecule is O=C1CC(Cn2ccnc2-c2cccc3ccnn23)CN1C1CC1. The summed E-state index contributed by atoms with van der Waals surface area (Å²) in [6.07, 6.45) is 8.64. The standard InChI is InChI=1S/C18H19N5O/c24-17-10-13(12-22(17)14-4-5-14)11-21-9-8-19-18(21)16-3-1-2-15-6-7-20-23(15)16/h1-3,6-9,13-14H,4-5,10-12H2. The van der Waals surface area contributed by atoms with E-state index in [0.717, 1.165) is 30.1 Å². The zero-order chi connectivity index (χ0) is 16.1. The van der Waals surface area contributed by atoms with Crippen molar-refractivity contribution in [2.24, 2.45) is 5.92 Å². The van der Waals surface area contributed by atoms with Gasteiger partial charge in [-0.15, -0.1) is 0 Å². The van der Waals surface area contributed by atoms with Gasteiger partial charge in [-0.2, -0.15) is 5.10 Å². The van der Waals surface area contributed by atoms with E-state index in [2.05, 4.69) is 19.5 Å². The van der Waals surface area contributed by atoms with Crippen LogP contribution < -0.4 is 0 Å². The van der Waals surface area contributed by atoms with Crippen molar-refractivity contribution in [1.29, 1.82) is 0 Å². The molecule has 1 saturated carbocycles. The van der Waals surface area contributed by atoms with Gasteiger partial charge >= 0.3 is 0 Å². The van der Waals surface area contributed by atoms with E-state index in [1.807, 2.05) is 41.2 Å². The summed E-state index contributed by atoms with van der Waals surface area (Å²) in [4.78, 5) is 18.8. The maximum absolute atomic E-state index is 12.2. The number of pyridine rings is 1. The molecule has 0 bridgehead atoms. The Labute approximate surface area is 139 Å². The molecule has 3 aromatic rings. The van der Waals surface area contributed by atoms with Crippen LogP contribution in [0.5, 0.6) is 0 Å². The van der Waals surface area contributed by atoms with Gasteiger partial charge in [-0.3, -0.25) is 4.79 Å². The van der Waals surface area contributed by atoms with Crippen LogP contribution in [0.1, 0.15) is 19.3 Å². The zero-order valence-electron chi connectivity index (χ0n) is 13.4. The van der Waals surface area contributed by atoms with Crippen molar-refractivity contribution in [1.82, 2.24) is 24.1 Å². The lowest BCUT2D eigenvalue weighted by Crippen LogP contribution is -2.27. The van der Waals surface area contributed by atoms with Crippen molar-refractivity contribution in [3.63, 3.8) is 0 Å². The quantitative estimate of drug-likeness (QED) is 0.740. The maximum atomic E-state index is 12.2. The van der Waals surface area contributed by atoms with Crippen LogP contribution in [-0.2, 0) is 11.3 Å². The Morgan fingerprint density at radius 1 is 1.17 bits per heavy atom. The summed E-state index contributed by atoms with van der Waals surface area (Å²) in [7, 11) is 0. The predicted molar refractivity (Wildman–Crippen MR) is 89.3 cm³/mol. The number of amides is 1. The van der Waals surface area contributed by atoms with Crippen LogP contribution >= 0.6 is 0 Å². The molecular formula is C18H19N5O. The highest BCUT2D eigenvalue weighted by atomic mass is 16.2. The second-order valence-corrected chi connectivity index (χ2v) is 6.83. The number of likely N-dealkylation sites (tertiary alicyclic amines) is 1. The van der Waals surface area contributed by atoms with Gasteiger partial charge in [0.2, 0.25) is 5.91 Å². The first-order valence-corrected chi connectivity index (χ1v) is 8.53. The number of hydrogen-bond donors (Lipinski definition) is 0. The normalized spacial score (nSPS) is 21.1. The monoisotopic (exact) mass is 321 g/mol. The minimum atomic E-state index is 0.318. The fraction of sp³-hybridized carbons (Fsp3) is 0.389. The number of nitrogens with zero attached hydrogens (tertiary/aromatic N) is 5. The topological polar surface area (TPSA) is 55.4 Å². The molecule has 1 amide bonds. The van der Waals surface area contributed by atoms with E-state index < -0.39 is 0 Å². The van der Waals surface area contributed by atoms with E-state index in [1.165, 1.54) is 12.8 Å². The summed E-state index contributed by atoms with van der Waals surface area (Å²) in [5, 5.41) is 4.40. The Hall–Kier alpha value is -2.63. The van der Waals surface area contributed by atoms with Gasteiger partial charge in [0.25, 0.3) is 0 Å². The fourth-order valence-electron chi connectivity index (χ4n) is 3.76. The highest BCUT2D eigenvalue weighted by molar-refractivity contribution is 5.79. The molecule has 1 saturated heterocycles. The van der Waals surface area contributed by atoms with Gasteiger partial charge in [0.15, 0.2) is 5.82 Å². The molecule has 122 valence electrons. The Bertz CT molecular complexity index is 907. The second kappa shape index (κ2) is 5.19. The van der Waals surface area contributed by atoms with E-state index in [1.54, 1.807) is 6.20 Å². The maximum Gasteiger partial charge on any atom is 0.223 e. The molecule has 6 heteroatoms. The fourth-order valence-corrected chi connectivity index (χ4v) is 3.76. The Morgan fingerprint density at radius 3 is 2.96 bits per heavy atom. The molecule has 0 N–H and O–H groups in total. The first-order chi connectivity index (χ1) is 11.8. The van der Waals surface area contributed by atoms with Crippen LogP contribution in [0.15, 0.2) is 42.9 Å². The van der Waals surface area contributed by atoms with Crippen molar-refractivity contribution in [3.8, 4) is 11.5 Å². The molecule has 0 aromatic carbocycles. The summed E-state index contributed by atoms with van der Waals surface area (Å²) < 4.78 is 4.07. The van der Waals surface area contributed by atoms with E-state index in [9.17, 15) is 4.79 Å². The number of carbonyl (C=O) groups is 1. The average Bonchev–Trinajstić information content (AvgIpc) is 2.97. The van der Waals surface area contributed by atoms with E-state index >= 15 is 0 Å². The lowest BCUT2D eigenvalue weighted by Gasteiger charge is -2.16. The van der Waals surface area contributed by atoms with Crippen molar-refractivity contribution < 1.29 is 4.79 Å². The number of fused-ring (bicyclic) bond motifs is 1. The first kappa shape index (κ1) is 13.8. The van der Waals surface area contributed by atoms with Crippen molar-refractivity contribution in [2.45, 2.75) is 31.8 Å². The Kier molecular flexibility index (Phi) is 2.98. The zero-order valence-corrected chi connectivity index (χ0v) is 13.4. The number of rotatable bonds is 4. The first-order valence-electron chi connectivity index (χ1n) is 8.53. The Morgan fingerprint density at radius 2 is 2.08 bits per heavy atom. The van der Waals surface area contributed by atoms with Crippen LogP contribution in [0, 0.1) is 5.92 Å². The molecule has 0 radical (unpaired) electrons. The highest BCUT2D eigenvalue weighted by Gasteiger charge is 2.39. The molecule has 1 atom stereocenters. The molecule has 5 rings (SSSR count). The molecule has 2 aliphatic rings. The van der Waals surface area contributed by atoms with Gasteiger partial charge in [-0.25, -0.2) is 9.50 Å². The van der Waals surface area contributed by atoms with Crippen LogP contribution in [-0.4, -0.2) is 42.6 Å².